The number of para-hydroxylation sites is 1. The van der Waals surface area contributed by atoms with E-state index in [1.807, 2.05) is 42.5 Å². The Morgan fingerprint density at radius 1 is 0.967 bits per heavy atom. The number of likely N-dealkylation sites (tertiary alicyclic amines) is 1. The lowest BCUT2D eigenvalue weighted by Crippen LogP contribution is -2.43. The van der Waals surface area contributed by atoms with E-state index < -0.39 is 5.97 Å². The van der Waals surface area contributed by atoms with Crippen LogP contribution in [0, 0.1) is 5.92 Å². The van der Waals surface area contributed by atoms with Crippen molar-refractivity contribution in [3.63, 3.8) is 0 Å². The fourth-order valence-corrected chi connectivity index (χ4v) is 4.16. The summed E-state index contributed by atoms with van der Waals surface area (Å²) in [5.41, 5.74) is 3.77. The molecule has 0 atom stereocenters. The van der Waals surface area contributed by atoms with E-state index in [4.69, 9.17) is 4.74 Å². The first kappa shape index (κ1) is 20.1. The van der Waals surface area contributed by atoms with Crippen LogP contribution in [0.1, 0.15) is 40.7 Å². The van der Waals surface area contributed by atoms with Gasteiger partial charge in [0.15, 0.2) is 6.61 Å². The first-order valence-electron chi connectivity index (χ1n) is 10.5. The molecule has 1 saturated heterocycles. The number of carbonyl (C=O) groups is 3. The van der Waals surface area contributed by atoms with E-state index in [1.54, 1.807) is 11.0 Å². The largest absolute Gasteiger partial charge is 0.452 e. The van der Waals surface area contributed by atoms with Gasteiger partial charge in [-0.15, -0.1) is 0 Å². The summed E-state index contributed by atoms with van der Waals surface area (Å²) in [5, 5.41) is 2.92. The monoisotopic (exact) mass is 406 g/mol. The van der Waals surface area contributed by atoms with Crippen LogP contribution < -0.4 is 5.32 Å². The molecule has 1 heterocycles. The van der Waals surface area contributed by atoms with Crippen LogP contribution in [0.2, 0.25) is 0 Å². The molecule has 0 saturated carbocycles. The van der Waals surface area contributed by atoms with Gasteiger partial charge >= 0.3 is 5.97 Å². The van der Waals surface area contributed by atoms with E-state index in [-0.39, 0.29) is 24.3 Å². The van der Waals surface area contributed by atoms with Crippen LogP contribution in [0.5, 0.6) is 0 Å². The molecule has 1 aliphatic carbocycles. The van der Waals surface area contributed by atoms with Gasteiger partial charge in [0, 0.05) is 24.7 Å². The number of hydrogen-bond donors (Lipinski definition) is 1. The molecular formula is C24H26N2O4. The van der Waals surface area contributed by atoms with Gasteiger partial charge in [-0.3, -0.25) is 9.59 Å². The second-order valence-electron chi connectivity index (χ2n) is 7.92. The van der Waals surface area contributed by atoms with Gasteiger partial charge in [-0.05, 0) is 67.5 Å². The van der Waals surface area contributed by atoms with Crippen molar-refractivity contribution in [3.05, 3.63) is 65.2 Å². The zero-order chi connectivity index (χ0) is 20.9. The molecule has 4 rings (SSSR count). The lowest BCUT2D eigenvalue weighted by Gasteiger charge is -2.31. The number of nitrogens with zero attached hydrogens (tertiary/aromatic N) is 1. The standard InChI is InChI=1S/C24H26N2O4/c27-22(16-30-24(29)20-10-9-17-5-4-6-19(17)15-20)26-13-11-18(12-14-26)23(28)25-21-7-2-1-3-8-21/h1-3,7-10,15,18H,4-6,11-14,16H2,(H,25,28). The summed E-state index contributed by atoms with van der Waals surface area (Å²) in [4.78, 5) is 38.8. The van der Waals surface area contributed by atoms with E-state index in [1.165, 1.54) is 11.1 Å². The zero-order valence-electron chi connectivity index (χ0n) is 16.9. The van der Waals surface area contributed by atoms with E-state index in [9.17, 15) is 14.4 Å². The van der Waals surface area contributed by atoms with Crippen molar-refractivity contribution in [3.8, 4) is 0 Å². The first-order chi connectivity index (χ1) is 14.6. The minimum absolute atomic E-state index is 0.0173. The number of fused-ring (bicyclic) bond motifs is 1. The van der Waals surface area contributed by atoms with Crippen LogP contribution in [0.15, 0.2) is 48.5 Å². The number of rotatable bonds is 5. The number of nitrogens with one attached hydrogen (secondary N) is 1. The van der Waals surface area contributed by atoms with Gasteiger partial charge in [0.25, 0.3) is 5.91 Å². The van der Waals surface area contributed by atoms with E-state index >= 15 is 0 Å². The summed E-state index contributed by atoms with van der Waals surface area (Å²) in [6.07, 6.45) is 4.36. The lowest BCUT2D eigenvalue weighted by molar-refractivity contribution is -0.137. The molecule has 2 aliphatic rings. The van der Waals surface area contributed by atoms with E-state index in [2.05, 4.69) is 5.32 Å². The number of ether oxygens (including phenoxy) is 1. The van der Waals surface area contributed by atoms with E-state index in [0.717, 1.165) is 24.9 Å². The quantitative estimate of drug-likeness (QED) is 0.774. The maximum Gasteiger partial charge on any atom is 0.338 e. The molecule has 0 radical (unpaired) electrons. The Morgan fingerprint density at radius 3 is 2.47 bits per heavy atom. The molecule has 0 aromatic heterocycles. The second-order valence-corrected chi connectivity index (χ2v) is 7.92. The average molecular weight is 406 g/mol. The molecule has 1 N–H and O–H groups in total. The van der Waals surface area contributed by atoms with Gasteiger partial charge in [0.2, 0.25) is 5.91 Å². The molecule has 0 spiro atoms. The predicted molar refractivity (Wildman–Crippen MR) is 113 cm³/mol. The number of hydrogen-bond acceptors (Lipinski definition) is 4. The van der Waals surface area contributed by atoms with Gasteiger partial charge in [-0.1, -0.05) is 24.3 Å². The smallest absolute Gasteiger partial charge is 0.338 e. The van der Waals surface area contributed by atoms with Crippen molar-refractivity contribution < 1.29 is 19.1 Å². The summed E-state index contributed by atoms with van der Waals surface area (Å²) in [6.45, 7) is 0.709. The predicted octanol–water partition coefficient (Wildman–Crippen LogP) is 3.21. The Balaban J connectivity index is 1.22. The third kappa shape index (κ3) is 4.70. The summed E-state index contributed by atoms with van der Waals surface area (Å²) in [6, 6.07) is 15.0. The van der Waals surface area contributed by atoms with Crippen LogP contribution in [0.25, 0.3) is 0 Å². The molecule has 0 bridgehead atoms. The number of benzene rings is 2. The summed E-state index contributed by atoms with van der Waals surface area (Å²) < 4.78 is 5.25. The van der Waals surface area contributed by atoms with Crippen molar-refractivity contribution in [2.75, 3.05) is 25.0 Å². The molecule has 30 heavy (non-hydrogen) atoms. The highest BCUT2D eigenvalue weighted by atomic mass is 16.5. The zero-order valence-corrected chi connectivity index (χ0v) is 16.9. The summed E-state index contributed by atoms with van der Waals surface area (Å²) in [5.74, 6) is -0.818. The Morgan fingerprint density at radius 2 is 1.70 bits per heavy atom. The van der Waals surface area contributed by atoms with Gasteiger partial charge < -0.3 is 15.0 Å². The van der Waals surface area contributed by atoms with Crippen LogP contribution in [-0.4, -0.2) is 42.4 Å². The molecule has 1 aliphatic heterocycles. The molecule has 6 nitrogen and oxygen atoms in total. The minimum atomic E-state index is -0.463. The third-order valence-corrected chi connectivity index (χ3v) is 5.92. The number of anilines is 1. The normalized spacial score (nSPS) is 16.1. The minimum Gasteiger partial charge on any atom is -0.452 e. The van der Waals surface area contributed by atoms with E-state index in [0.29, 0.717) is 31.5 Å². The Kier molecular flexibility index (Phi) is 6.12. The molecule has 6 heteroatoms. The van der Waals surface area contributed by atoms with Gasteiger partial charge in [0.05, 0.1) is 5.56 Å². The average Bonchev–Trinajstić information content (AvgIpc) is 3.26. The van der Waals surface area contributed by atoms with Crippen LogP contribution in [-0.2, 0) is 27.2 Å². The number of esters is 1. The maximum absolute atomic E-state index is 12.4. The number of aryl methyl sites for hydroxylation is 2. The molecule has 156 valence electrons. The second kappa shape index (κ2) is 9.11. The topological polar surface area (TPSA) is 75.7 Å². The molecule has 1 fully saturated rings. The van der Waals surface area contributed by atoms with Crippen molar-refractivity contribution >= 4 is 23.5 Å². The van der Waals surface area contributed by atoms with Crippen molar-refractivity contribution in [2.45, 2.75) is 32.1 Å². The van der Waals surface area contributed by atoms with Gasteiger partial charge in [-0.25, -0.2) is 4.79 Å². The lowest BCUT2D eigenvalue weighted by atomic mass is 9.95. The van der Waals surface area contributed by atoms with Crippen LogP contribution >= 0.6 is 0 Å². The molecule has 2 amide bonds. The van der Waals surface area contributed by atoms with Crippen molar-refractivity contribution in [2.24, 2.45) is 5.92 Å². The fraction of sp³-hybridized carbons (Fsp3) is 0.375. The Labute approximate surface area is 176 Å². The Hall–Kier alpha value is -3.15. The fourth-order valence-electron chi connectivity index (χ4n) is 4.16. The highest BCUT2D eigenvalue weighted by Gasteiger charge is 2.28. The number of carbonyl (C=O) groups excluding carboxylic acids is 3. The highest BCUT2D eigenvalue weighted by molar-refractivity contribution is 5.93. The summed E-state index contributed by atoms with van der Waals surface area (Å²) in [7, 11) is 0. The summed E-state index contributed by atoms with van der Waals surface area (Å²) >= 11 is 0. The molecule has 2 aromatic rings. The maximum atomic E-state index is 12.4. The number of amides is 2. The molecule has 2 aromatic carbocycles. The first-order valence-corrected chi connectivity index (χ1v) is 10.5. The van der Waals surface area contributed by atoms with Crippen LogP contribution in [0.4, 0.5) is 5.69 Å². The molecule has 0 unspecified atom stereocenters. The van der Waals surface area contributed by atoms with Gasteiger partial charge in [0.1, 0.15) is 0 Å². The SMILES string of the molecule is O=C(OCC(=O)N1CCC(C(=O)Nc2ccccc2)CC1)c1ccc2c(c1)CCC2. The van der Waals surface area contributed by atoms with Crippen molar-refractivity contribution in [1.29, 1.82) is 0 Å². The third-order valence-electron chi connectivity index (χ3n) is 5.92. The van der Waals surface area contributed by atoms with Crippen LogP contribution in [0.3, 0.4) is 0 Å². The van der Waals surface area contributed by atoms with Gasteiger partial charge in [-0.2, -0.15) is 0 Å². The van der Waals surface area contributed by atoms with Crippen molar-refractivity contribution in [1.82, 2.24) is 4.90 Å². The Bertz CT molecular complexity index is 933. The number of piperidine rings is 1. The molecular weight excluding hydrogens is 380 g/mol. The highest BCUT2D eigenvalue weighted by Crippen LogP contribution is 2.23.